The van der Waals surface area contributed by atoms with E-state index in [4.69, 9.17) is 0 Å². The van der Waals surface area contributed by atoms with Gasteiger partial charge in [0, 0.05) is 12.1 Å². The van der Waals surface area contributed by atoms with E-state index in [0.717, 1.165) is 24.4 Å². The monoisotopic (exact) mass is 378 g/mol. The number of benzene rings is 2. The summed E-state index contributed by atoms with van der Waals surface area (Å²) in [5.41, 5.74) is 3.19. The fourth-order valence-electron chi connectivity index (χ4n) is 3.92. The fraction of sp³-hybridized carbons (Fsp3) is 0.480. The minimum atomic E-state index is 0.00727. The molecule has 0 aromatic heterocycles. The summed E-state index contributed by atoms with van der Waals surface area (Å²) < 4.78 is 0. The average molecular weight is 379 g/mol. The van der Waals surface area contributed by atoms with Crippen molar-refractivity contribution in [1.29, 1.82) is 0 Å². The van der Waals surface area contributed by atoms with Crippen molar-refractivity contribution in [3.05, 3.63) is 71.3 Å². The number of rotatable bonds is 7. The van der Waals surface area contributed by atoms with Gasteiger partial charge in [0.05, 0.1) is 6.04 Å². The van der Waals surface area contributed by atoms with Crippen LogP contribution in [0.25, 0.3) is 0 Å². The Morgan fingerprint density at radius 3 is 2.29 bits per heavy atom. The molecule has 3 rings (SSSR count). The second kappa shape index (κ2) is 9.88. The molecule has 1 aliphatic heterocycles. The summed E-state index contributed by atoms with van der Waals surface area (Å²) in [5, 5.41) is 3.24. The number of nitrogens with zero attached hydrogens (tertiary/aromatic N) is 1. The smallest absolute Gasteiger partial charge is 0.251 e. The summed E-state index contributed by atoms with van der Waals surface area (Å²) in [6.45, 7) is 10.1. The van der Waals surface area contributed by atoms with Gasteiger partial charge in [-0.1, -0.05) is 63.2 Å². The van der Waals surface area contributed by atoms with Crippen molar-refractivity contribution in [2.45, 2.75) is 52.6 Å². The van der Waals surface area contributed by atoms with Gasteiger partial charge in [-0.05, 0) is 67.4 Å². The molecule has 2 aromatic rings. The van der Waals surface area contributed by atoms with Crippen LogP contribution in [-0.4, -0.2) is 23.9 Å². The molecule has 1 N–H and O–H groups in total. The lowest BCUT2D eigenvalue weighted by Gasteiger charge is -2.30. The number of carbonyl (C=O) groups is 1. The molecule has 0 unspecified atom stereocenters. The molecule has 0 bridgehead atoms. The summed E-state index contributed by atoms with van der Waals surface area (Å²) in [6.07, 6.45) is 3.51. The van der Waals surface area contributed by atoms with Gasteiger partial charge in [0.1, 0.15) is 0 Å². The van der Waals surface area contributed by atoms with E-state index in [-0.39, 0.29) is 11.9 Å². The number of hydrogen-bond acceptors (Lipinski definition) is 2. The minimum Gasteiger partial charge on any atom is -0.345 e. The van der Waals surface area contributed by atoms with Crippen molar-refractivity contribution in [2.24, 2.45) is 11.8 Å². The second-order valence-corrected chi connectivity index (χ2v) is 8.72. The third-order valence-corrected chi connectivity index (χ3v) is 5.71. The van der Waals surface area contributed by atoms with Crippen LogP contribution in [0.1, 0.15) is 67.6 Å². The summed E-state index contributed by atoms with van der Waals surface area (Å²) in [4.78, 5) is 15.3. The Bertz CT molecular complexity index is 731. The Morgan fingerprint density at radius 2 is 1.68 bits per heavy atom. The highest BCUT2D eigenvalue weighted by Gasteiger charge is 2.18. The molecule has 1 heterocycles. The van der Waals surface area contributed by atoms with Crippen LogP contribution in [0, 0.1) is 11.8 Å². The Kier molecular flexibility index (Phi) is 7.27. The first-order valence-electron chi connectivity index (χ1n) is 10.7. The lowest BCUT2D eigenvalue weighted by atomic mass is 9.96. The number of hydrogen-bond donors (Lipinski definition) is 1. The third-order valence-electron chi connectivity index (χ3n) is 5.71. The van der Waals surface area contributed by atoms with Gasteiger partial charge in [0.15, 0.2) is 0 Å². The van der Waals surface area contributed by atoms with Gasteiger partial charge in [-0.25, -0.2) is 0 Å². The van der Waals surface area contributed by atoms with Crippen LogP contribution in [0.15, 0.2) is 54.6 Å². The van der Waals surface area contributed by atoms with E-state index >= 15 is 0 Å². The van der Waals surface area contributed by atoms with Gasteiger partial charge >= 0.3 is 0 Å². The van der Waals surface area contributed by atoms with Crippen molar-refractivity contribution in [3.8, 4) is 0 Å². The molecule has 2 aromatic carbocycles. The van der Waals surface area contributed by atoms with Crippen LogP contribution in [0.5, 0.6) is 0 Å². The Labute approximate surface area is 170 Å². The van der Waals surface area contributed by atoms with Gasteiger partial charge in [-0.15, -0.1) is 0 Å². The normalized spacial score (nSPS) is 16.9. The lowest BCUT2D eigenvalue weighted by molar-refractivity contribution is 0.0932. The zero-order valence-electron chi connectivity index (χ0n) is 17.5. The highest BCUT2D eigenvalue weighted by molar-refractivity contribution is 5.94. The predicted octanol–water partition coefficient (Wildman–Crippen LogP) is 5.44. The number of nitrogens with one attached hydrogen (secondary N) is 1. The first kappa shape index (κ1) is 20.6. The standard InChI is InChI=1S/C25H34N2O/c1-19(2)17-24(22-7-5-4-6-8-22)26-25(28)23-11-9-21(10-12-23)18-27-15-13-20(3)14-16-27/h4-12,19-20,24H,13-18H2,1-3H3,(H,26,28)/t24-/m1/s1. The molecule has 28 heavy (non-hydrogen) atoms. The molecule has 0 radical (unpaired) electrons. The minimum absolute atomic E-state index is 0.00727. The number of piperidine rings is 1. The van der Waals surface area contributed by atoms with Crippen LogP contribution in [0.2, 0.25) is 0 Å². The first-order chi connectivity index (χ1) is 13.5. The molecule has 1 saturated heterocycles. The fourth-order valence-corrected chi connectivity index (χ4v) is 3.92. The van der Waals surface area contributed by atoms with E-state index in [1.807, 2.05) is 30.3 Å². The maximum absolute atomic E-state index is 12.8. The van der Waals surface area contributed by atoms with Crippen molar-refractivity contribution in [1.82, 2.24) is 10.2 Å². The SMILES string of the molecule is CC(C)C[C@@H](NC(=O)c1ccc(CN2CCC(C)CC2)cc1)c1ccccc1. The summed E-state index contributed by atoms with van der Waals surface area (Å²) in [7, 11) is 0. The lowest BCUT2D eigenvalue weighted by Crippen LogP contribution is -2.32. The highest BCUT2D eigenvalue weighted by Crippen LogP contribution is 2.22. The van der Waals surface area contributed by atoms with E-state index in [1.165, 1.54) is 37.1 Å². The van der Waals surface area contributed by atoms with Crippen molar-refractivity contribution in [2.75, 3.05) is 13.1 Å². The van der Waals surface area contributed by atoms with Crippen LogP contribution < -0.4 is 5.32 Å². The van der Waals surface area contributed by atoms with E-state index in [0.29, 0.717) is 5.92 Å². The predicted molar refractivity (Wildman–Crippen MR) is 116 cm³/mol. The number of amides is 1. The maximum atomic E-state index is 12.8. The molecule has 3 heteroatoms. The van der Waals surface area contributed by atoms with Crippen LogP contribution in [0.4, 0.5) is 0 Å². The first-order valence-corrected chi connectivity index (χ1v) is 10.7. The number of likely N-dealkylation sites (tertiary alicyclic amines) is 1. The van der Waals surface area contributed by atoms with Gasteiger partial charge in [0.25, 0.3) is 5.91 Å². The maximum Gasteiger partial charge on any atom is 0.251 e. The summed E-state index contributed by atoms with van der Waals surface area (Å²) in [6, 6.07) is 18.5. The van der Waals surface area contributed by atoms with Gasteiger partial charge in [0.2, 0.25) is 0 Å². The summed E-state index contributed by atoms with van der Waals surface area (Å²) in [5.74, 6) is 1.37. The number of carbonyl (C=O) groups excluding carboxylic acids is 1. The zero-order chi connectivity index (χ0) is 19.9. The molecule has 1 amide bonds. The summed E-state index contributed by atoms with van der Waals surface area (Å²) >= 11 is 0. The molecule has 1 aliphatic rings. The Hall–Kier alpha value is -2.13. The molecule has 0 aliphatic carbocycles. The van der Waals surface area contributed by atoms with E-state index in [1.54, 1.807) is 0 Å². The van der Waals surface area contributed by atoms with Crippen molar-refractivity contribution < 1.29 is 4.79 Å². The Balaban J connectivity index is 1.61. The van der Waals surface area contributed by atoms with E-state index in [9.17, 15) is 4.79 Å². The largest absolute Gasteiger partial charge is 0.345 e. The Morgan fingerprint density at radius 1 is 1.04 bits per heavy atom. The molecular formula is C25H34N2O. The van der Waals surface area contributed by atoms with Gasteiger partial charge in [-0.2, -0.15) is 0 Å². The van der Waals surface area contributed by atoms with Crippen molar-refractivity contribution >= 4 is 5.91 Å². The molecule has 0 spiro atoms. The van der Waals surface area contributed by atoms with Crippen molar-refractivity contribution in [3.63, 3.8) is 0 Å². The third kappa shape index (κ3) is 5.93. The highest BCUT2D eigenvalue weighted by atomic mass is 16.1. The molecular weight excluding hydrogens is 344 g/mol. The second-order valence-electron chi connectivity index (χ2n) is 8.72. The molecule has 0 saturated carbocycles. The van der Waals surface area contributed by atoms with E-state index in [2.05, 4.69) is 55.3 Å². The quantitative estimate of drug-likeness (QED) is 0.696. The average Bonchev–Trinajstić information content (AvgIpc) is 2.70. The molecule has 1 fully saturated rings. The van der Waals surface area contributed by atoms with Crippen LogP contribution >= 0.6 is 0 Å². The topological polar surface area (TPSA) is 32.3 Å². The van der Waals surface area contributed by atoms with E-state index < -0.39 is 0 Å². The zero-order valence-corrected chi connectivity index (χ0v) is 17.5. The molecule has 3 nitrogen and oxygen atoms in total. The molecule has 1 atom stereocenters. The van der Waals surface area contributed by atoms with Gasteiger partial charge in [-0.3, -0.25) is 9.69 Å². The van der Waals surface area contributed by atoms with Crippen LogP contribution in [0.3, 0.4) is 0 Å². The van der Waals surface area contributed by atoms with Crippen LogP contribution in [-0.2, 0) is 6.54 Å². The van der Waals surface area contributed by atoms with Gasteiger partial charge < -0.3 is 5.32 Å². The molecule has 150 valence electrons.